The molecule has 0 N–H and O–H groups in total. The van der Waals surface area contributed by atoms with Crippen molar-refractivity contribution < 1.29 is 4.42 Å². The number of hydrogen-bond acceptors (Lipinski definition) is 2. The van der Waals surface area contributed by atoms with Gasteiger partial charge in [-0.1, -0.05) is 115 Å². The van der Waals surface area contributed by atoms with Crippen LogP contribution in [0.3, 0.4) is 0 Å². The fraction of sp³-hybridized carbons (Fsp3) is 0. The van der Waals surface area contributed by atoms with Gasteiger partial charge >= 0.3 is 6.85 Å². The number of furan rings is 1. The van der Waals surface area contributed by atoms with Crippen LogP contribution in [-0.4, -0.2) is 6.85 Å². The third-order valence-corrected chi connectivity index (χ3v) is 8.49. The molecule has 2 aliphatic heterocycles. The molecule has 0 spiro atoms. The summed E-state index contributed by atoms with van der Waals surface area (Å²) in [5.74, 6) is 0. The lowest BCUT2D eigenvalue weighted by atomic mass is 9.43. The monoisotopic (exact) mass is 495 g/mol. The molecular weight excluding hydrogens is 473 g/mol. The fourth-order valence-corrected chi connectivity index (χ4v) is 6.92. The first-order chi connectivity index (χ1) is 19.4. The molecule has 2 nitrogen and oxygen atoms in total. The molecular formula is C36H22BNO. The molecule has 3 heteroatoms. The summed E-state index contributed by atoms with van der Waals surface area (Å²) in [7, 11) is 0. The molecule has 0 amide bonds. The average molecular weight is 495 g/mol. The number of rotatable bonds is 1. The van der Waals surface area contributed by atoms with E-state index in [-0.39, 0.29) is 6.85 Å². The highest BCUT2D eigenvalue weighted by Gasteiger charge is 2.42. The van der Waals surface area contributed by atoms with Crippen LogP contribution in [0.25, 0.3) is 55.3 Å². The maximum Gasteiger partial charge on any atom is 0.329 e. The summed E-state index contributed by atoms with van der Waals surface area (Å²) in [5.41, 5.74) is 14.5. The molecule has 0 saturated carbocycles. The van der Waals surface area contributed by atoms with Crippen LogP contribution >= 0.6 is 0 Å². The number of anilines is 2. The lowest BCUT2D eigenvalue weighted by Gasteiger charge is -2.43. The molecule has 0 radical (unpaired) electrons. The highest BCUT2D eigenvalue weighted by molar-refractivity contribution is 6.92. The Bertz CT molecular complexity index is 2110. The predicted molar refractivity (Wildman–Crippen MR) is 164 cm³/mol. The maximum atomic E-state index is 6.51. The van der Waals surface area contributed by atoms with Gasteiger partial charge in [0.15, 0.2) is 0 Å². The van der Waals surface area contributed by atoms with Gasteiger partial charge in [0.25, 0.3) is 0 Å². The summed E-state index contributed by atoms with van der Waals surface area (Å²) in [6.07, 6.45) is 0. The number of nitrogens with zero attached hydrogens (tertiary/aromatic N) is 1. The summed E-state index contributed by atoms with van der Waals surface area (Å²) >= 11 is 0. The first-order valence-corrected chi connectivity index (χ1v) is 13.5. The Morgan fingerprint density at radius 1 is 0.436 bits per heavy atom. The topological polar surface area (TPSA) is 16.4 Å². The van der Waals surface area contributed by atoms with Crippen LogP contribution in [0.2, 0.25) is 0 Å². The number of benzene rings is 6. The molecule has 0 bridgehead atoms. The van der Waals surface area contributed by atoms with Gasteiger partial charge in [0, 0.05) is 38.8 Å². The molecule has 7 aromatic rings. The standard InChI is InChI=1S/C36H22BNO/c1-5-18-30-23(11-1)24-12-3-7-20-32(24)38-33-21-10-15-26(35(33)29-14-2-6-19-31(29)37(30)38)28-17-9-16-27-25-13-4-8-22-34(25)39-36(27)28/h1-22H. The highest BCUT2D eigenvalue weighted by Crippen LogP contribution is 2.49. The van der Waals surface area contributed by atoms with Crippen molar-refractivity contribution in [3.8, 4) is 33.4 Å². The molecule has 6 aromatic carbocycles. The van der Waals surface area contributed by atoms with Gasteiger partial charge in [-0.3, -0.25) is 0 Å². The van der Waals surface area contributed by atoms with Crippen molar-refractivity contribution in [3.63, 3.8) is 0 Å². The highest BCUT2D eigenvalue weighted by atomic mass is 16.3. The van der Waals surface area contributed by atoms with Crippen LogP contribution in [0, 0.1) is 0 Å². The van der Waals surface area contributed by atoms with Gasteiger partial charge in [0.2, 0.25) is 0 Å². The van der Waals surface area contributed by atoms with Crippen molar-refractivity contribution in [1.29, 1.82) is 0 Å². The van der Waals surface area contributed by atoms with Crippen LogP contribution in [0.15, 0.2) is 138 Å². The van der Waals surface area contributed by atoms with Gasteiger partial charge in [-0.25, -0.2) is 0 Å². The Kier molecular flexibility index (Phi) is 4.17. The van der Waals surface area contributed by atoms with Crippen LogP contribution < -0.4 is 15.7 Å². The van der Waals surface area contributed by atoms with Crippen LogP contribution in [0.1, 0.15) is 0 Å². The zero-order valence-electron chi connectivity index (χ0n) is 21.1. The normalized spacial score (nSPS) is 13.0. The minimum absolute atomic E-state index is 0.108. The van der Waals surface area contributed by atoms with Crippen LogP contribution in [-0.2, 0) is 0 Å². The van der Waals surface area contributed by atoms with E-state index in [2.05, 4.69) is 132 Å². The molecule has 0 atom stereocenters. The third kappa shape index (κ3) is 2.77. The molecule has 3 heterocycles. The van der Waals surface area contributed by atoms with E-state index in [4.69, 9.17) is 4.42 Å². The van der Waals surface area contributed by atoms with E-state index in [1.807, 2.05) is 6.07 Å². The van der Waals surface area contributed by atoms with Crippen LogP contribution in [0.4, 0.5) is 11.4 Å². The molecule has 1 aromatic heterocycles. The smallest absolute Gasteiger partial charge is 0.329 e. The second-order valence-corrected chi connectivity index (χ2v) is 10.4. The molecule has 0 fully saturated rings. The van der Waals surface area contributed by atoms with Gasteiger partial charge in [0.1, 0.15) is 11.2 Å². The lowest BCUT2D eigenvalue weighted by molar-refractivity contribution is 0.670. The first-order valence-electron chi connectivity index (χ1n) is 13.5. The van der Waals surface area contributed by atoms with E-state index in [0.29, 0.717) is 0 Å². The second-order valence-electron chi connectivity index (χ2n) is 10.4. The van der Waals surface area contributed by atoms with E-state index < -0.39 is 0 Å². The Morgan fingerprint density at radius 3 is 1.92 bits per heavy atom. The van der Waals surface area contributed by atoms with E-state index >= 15 is 0 Å². The van der Waals surface area contributed by atoms with Crippen molar-refractivity contribution in [2.24, 2.45) is 0 Å². The lowest BCUT2D eigenvalue weighted by Crippen LogP contribution is -2.59. The minimum Gasteiger partial charge on any atom is -0.455 e. The van der Waals surface area contributed by atoms with Crippen molar-refractivity contribution in [2.45, 2.75) is 0 Å². The van der Waals surface area contributed by atoms with Gasteiger partial charge in [-0.15, -0.1) is 0 Å². The summed E-state index contributed by atoms with van der Waals surface area (Å²) in [6, 6.07) is 48.2. The van der Waals surface area contributed by atoms with Crippen molar-refractivity contribution in [1.82, 2.24) is 0 Å². The Morgan fingerprint density at radius 2 is 1.03 bits per heavy atom. The van der Waals surface area contributed by atoms with E-state index in [0.717, 1.165) is 27.5 Å². The van der Waals surface area contributed by atoms with Crippen molar-refractivity contribution >= 4 is 51.1 Å². The van der Waals surface area contributed by atoms with E-state index in [1.165, 1.54) is 50.1 Å². The molecule has 9 rings (SSSR count). The Labute approximate surface area is 226 Å². The predicted octanol–water partition coefficient (Wildman–Crippen LogP) is 8.16. The molecule has 0 saturated heterocycles. The first kappa shape index (κ1) is 21.0. The molecule has 0 unspecified atom stereocenters. The Hall–Kier alpha value is -5.02. The minimum atomic E-state index is 0.108. The van der Waals surface area contributed by atoms with Crippen molar-refractivity contribution in [3.05, 3.63) is 133 Å². The largest absolute Gasteiger partial charge is 0.455 e. The quantitative estimate of drug-likeness (QED) is 0.214. The van der Waals surface area contributed by atoms with Gasteiger partial charge in [0.05, 0.1) is 0 Å². The summed E-state index contributed by atoms with van der Waals surface area (Å²) in [4.78, 5) is 2.55. The Balaban J connectivity index is 1.39. The summed E-state index contributed by atoms with van der Waals surface area (Å²) in [6.45, 7) is 0.108. The average Bonchev–Trinajstić information content (AvgIpc) is 3.39. The number of para-hydroxylation sites is 3. The van der Waals surface area contributed by atoms with Crippen molar-refractivity contribution in [2.75, 3.05) is 4.81 Å². The summed E-state index contributed by atoms with van der Waals surface area (Å²) in [5, 5.41) is 2.31. The van der Waals surface area contributed by atoms with Gasteiger partial charge < -0.3 is 9.23 Å². The molecule has 2 aliphatic rings. The third-order valence-electron chi connectivity index (χ3n) is 8.49. The zero-order chi connectivity index (χ0) is 25.5. The zero-order valence-corrected chi connectivity index (χ0v) is 21.1. The second kappa shape index (κ2) is 7.75. The molecule has 180 valence electrons. The molecule has 0 aliphatic carbocycles. The molecule has 39 heavy (non-hydrogen) atoms. The van der Waals surface area contributed by atoms with E-state index in [9.17, 15) is 0 Å². The summed E-state index contributed by atoms with van der Waals surface area (Å²) < 4.78 is 6.51. The van der Waals surface area contributed by atoms with Gasteiger partial charge in [-0.2, -0.15) is 0 Å². The number of hydrogen-bond donors (Lipinski definition) is 0. The van der Waals surface area contributed by atoms with E-state index in [1.54, 1.807) is 0 Å². The fourth-order valence-electron chi connectivity index (χ4n) is 6.92. The maximum absolute atomic E-state index is 6.51. The van der Waals surface area contributed by atoms with Crippen LogP contribution in [0.5, 0.6) is 0 Å². The number of fused-ring (bicyclic) bond motifs is 14. The SMILES string of the molecule is c1ccc2c(c1)B1c3ccccc3-c3c(-c4cccc5c4oc4ccccc45)cccc3N1c1ccccc1-2. The van der Waals surface area contributed by atoms with Gasteiger partial charge in [-0.05, 0) is 45.8 Å².